The van der Waals surface area contributed by atoms with Gasteiger partial charge < -0.3 is 5.32 Å². The van der Waals surface area contributed by atoms with E-state index in [-0.39, 0.29) is 5.92 Å². The average Bonchev–Trinajstić information content (AvgIpc) is 3.23. The van der Waals surface area contributed by atoms with E-state index in [4.69, 9.17) is 4.98 Å². The molecule has 1 unspecified atom stereocenters. The molecule has 5 aromatic rings. The topological polar surface area (TPSA) is 94.3 Å². The van der Waals surface area contributed by atoms with Crippen LogP contribution in [0.2, 0.25) is 0 Å². The molecule has 0 aliphatic carbocycles. The van der Waals surface area contributed by atoms with Crippen LogP contribution in [0.15, 0.2) is 61.4 Å². The summed E-state index contributed by atoms with van der Waals surface area (Å²) >= 11 is 0. The lowest BCUT2D eigenvalue weighted by molar-refractivity contribution is 0.768. The third-order valence-corrected chi connectivity index (χ3v) is 5.71. The van der Waals surface area contributed by atoms with Crippen molar-refractivity contribution in [2.24, 2.45) is 7.05 Å². The Morgan fingerprint density at radius 2 is 1.84 bits per heavy atom. The van der Waals surface area contributed by atoms with Gasteiger partial charge in [-0.3, -0.25) is 14.6 Å². The van der Waals surface area contributed by atoms with E-state index in [0.717, 1.165) is 44.4 Å². The van der Waals surface area contributed by atoms with Crippen molar-refractivity contribution >= 4 is 22.7 Å². The van der Waals surface area contributed by atoms with E-state index in [1.807, 2.05) is 56.2 Å². The summed E-state index contributed by atoms with van der Waals surface area (Å²) in [6.07, 6.45) is 11.3. The Hall–Kier alpha value is -4.20. The van der Waals surface area contributed by atoms with Crippen molar-refractivity contribution in [1.82, 2.24) is 34.9 Å². The van der Waals surface area contributed by atoms with E-state index in [9.17, 15) is 0 Å². The summed E-state index contributed by atoms with van der Waals surface area (Å²) in [5, 5.41) is 16.0. The Morgan fingerprint density at radius 1 is 0.935 bits per heavy atom. The fourth-order valence-electron chi connectivity index (χ4n) is 4.04. The lowest BCUT2D eigenvalue weighted by atomic mass is 9.91. The predicted molar refractivity (Wildman–Crippen MR) is 118 cm³/mol. The fourth-order valence-corrected chi connectivity index (χ4v) is 4.04. The molecule has 0 saturated heterocycles. The van der Waals surface area contributed by atoms with Gasteiger partial charge in [0.05, 0.1) is 23.4 Å². The van der Waals surface area contributed by atoms with Crippen molar-refractivity contribution in [3.63, 3.8) is 0 Å². The Kier molecular flexibility index (Phi) is 3.79. The van der Waals surface area contributed by atoms with Crippen LogP contribution in [0.1, 0.15) is 24.0 Å². The van der Waals surface area contributed by atoms with Gasteiger partial charge in [0.1, 0.15) is 5.82 Å². The number of hydrogen-bond acceptors (Lipinski definition) is 7. The van der Waals surface area contributed by atoms with E-state index in [0.29, 0.717) is 11.6 Å². The number of aromatic nitrogens is 7. The molecule has 150 valence electrons. The molecular formula is C23H18N8. The van der Waals surface area contributed by atoms with E-state index in [1.165, 1.54) is 0 Å². The highest BCUT2D eigenvalue weighted by Gasteiger charge is 2.19. The van der Waals surface area contributed by atoms with Gasteiger partial charge in [0.25, 0.3) is 0 Å². The Bertz CT molecular complexity index is 1460. The quantitative estimate of drug-likeness (QED) is 0.448. The fraction of sp³-hybridized carbons (Fsp3) is 0.130. The standard InChI is InChI=1S/C23H18N8/c1-13-14-5-16(8-24-7-14)22-18(17-10-27-31(2)12-17)11-25-19-3-4-20(29-23(19)22)28-21-6-15(13)9-26-30-21/h3-13H,1-2H3,(H,28,29,30). The van der Waals surface area contributed by atoms with Gasteiger partial charge in [-0.1, -0.05) is 6.92 Å². The minimum Gasteiger partial charge on any atom is -0.323 e. The molecule has 1 aliphatic heterocycles. The summed E-state index contributed by atoms with van der Waals surface area (Å²) in [6, 6.07) is 8.05. The molecule has 5 aromatic heterocycles. The number of pyridine rings is 3. The Balaban J connectivity index is 1.72. The molecule has 1 N–H and O–H groups in total. The lowest BCUT2D eigenvalue weighted by Gasteiger charge is -2.17. The van der Waals surface area contributed by atoms with Crippen molar-refractivity contribution in [2.45, 2.75) is 12.8 Å². The summed E-state index contributed by atoms with van der Waals surface area (Å²) in [6.45, 7) is 2.15. The maximum atomic E-state index is 4.91. The molecule has 0 saturated carbocycles. The lowest BCUT2D eigenvalue weighted by Crippen LogP contribution is -2.05. The maximum absolute atomic E-state index is 4.91. The zero-order valence-corrected chi connectivity index (χ0v) is 17.0. The van der Waals surface area contributed by atoms with E-state index in [1.54, 1.807) is 10.9 Å². The van der Waals surface area contributed by atoms with Gasteiger partial charge in [-0.15, -0.1) is 5.10 Å². The van der Waals surface area contributed by atoms with Gasteiger partial charge in [-0.05, 0) is 35.4 Å². The van der Waals surface area contributed by atoms with Crippen LogP contribution < -0.4 is 5.32 Å². The van der Waals surface area contributed by atoms with Crippen LogP contribution in [0, 0.1) is 0 Å². The van der Waals surface area contributed by atoms with Crippen LogP contribution in [0.5, 0.6) is 0 Å². The molecular weight excluding hydrogens is 388 g/mol. The number of hydrogen-bond donors (Lipinski definition) is 1. The minimum absolute atomic E-state index is 0.105. The summed E-state index contributed by atoms with van der Waals surface area (Å²) < 4.78 is 1.79. The van der Waals surface area contributed by atoms with Crippen molar-refractivity contribution in [2.75, 3.05) is 5.32 Å². The number of nitrogens with zero attached hydrogens (tertiary/aromatic N) is 7. The monoisotopic (exact) mass is 406 g/mol. The average molecular weight is 406 g/mol. The number of anilines is 2. The molecule has 1 atom stereocenters. The van der Waals surface area contributed by atoms with E-state index in [2.05, 4.69) is 43.6 Å². The normalized spacial score (nSPS) is 14.7. The molecule has 0 amide bonds. The smallest absolute Gasteiger partial charge is 0.154 e. The number of fused-ring (bicyclic) bond motifs is 6. The predicted octanol–water partition coefficient (Wildman–Crippen LogP) is 4.09. The molecule has 0 spiro atoms. The van der Waals surface area contributed by atoms with Crippen LogP contribution in [0.25, 0.3) is 33.3 Å². The van der Waals surface area contributed by atoms with Crippen LogP contribution in [-0.4, -0.2) is 34.9 Å². The molecule has 0 radical (unpaired) electrons. The second kappa shape index (κ2) is 6.66. The molecule has 8 nitrogen and oxygen atoms in total. The van der Waals surface area contributed by atoms with Gasteiger partial charge in [-0.25, -0.2) is 4.98 Å². The molecule has 0 aromatic carbocycles. The summed E-state index contributed by atoms with van der Waals surface area (Å²) in [7, 11) is 1.91. The highest BCUT2D eigenvalue weighted by Crippen LogP contribution is 2.38. The molecule has 6 heterocycles. The SMILES string of the molecule is CC1c2cncc(c2)-c2c(-c3cnn(C)c3)cnc3ccc(nc23)Nc2cc1cnn2. The zero-order chi connectivity index (χ0) is 20.9. The first-order valence-corrected chi connectivity index (χ1v) is 9.99. The van der Waals surface area contributed by atoms with Gasteiger partial charge in [0, 0.05) is 60.0 Å². The Morgan fingerprint density at radius 3 is 2.71 bits per heavy atom. The van der Waals surface area contributed by atoms with Crippen molar-refractivity contribution in [3.05, 3.63) is 72.6 Å². The zero-order valence-electron chi connectivity index (χ0n) is 17.0. The van der Waals surface area contributed by atoms with Crippen LogP contribution in [0.3, 0.4) is 0 Å². The Labute approximate surface area is 178 Å². The third-order valence-electron chi connectivity index (χ3n) is 5.71. The third kappa shape index (κ3) is 2.92. The molecule has 31 heavy (non-hydrogen) atoms. The summed E-state index contributed by atoms with van der Waals surface area (Å²) in [5.74, 6) is 1.44. The van der Waals surface area contributed by atoms with Gasteiger partial charge in [0.15, 0.2) is 5.82 Å². The van der Waals surface area contributed by atoms with Crippen LogP contribution >= 0.6 is 0 Å². The van der Waals surface area contributed by atoms with Crippen molar-refractivity contribution in [1.29, 1.82) is 0 Å². The number of aryl methyl sites for hydroxylation is 1. The van der Waals surface area contributed by atoms with Crippen LogP contribution in [-0.2, 0) is 7.05 Å². The maximum Gasteiger partial charge on any atom is 0.154 e. The van der Waals surface area contributed by atoms with E-state index < -0.39 is 0 Å². The largest absolute Gasteiger partial charge is 0.323 e. The van der Waals surface area contributed by atoms with Gasteiger partial charge >= 0.3 is 0 Å². The first-order chi connectivity index (χ1) is 15.2. The van der Waals surface area contributed by atoms with Crippen molar-refractivity contribution < 1.29 is 0 Å². The second-order valence-electron chi connectivity index (χ2n) is 7.74. The minimum atomic E-state index is 0.105. The molecule has 8 heteroatoms. The molecule has 6 bridgehead atoms. The highest BCUT2D eigenvalue weighted by molar-refractivity contribution is 6.00. The van der Waals surface area contributed by atoms with E-state index >= 15 is 0 Å². The molecule has 6 rings (SSSR count). The number of nitrogens with one attached hydrogen (secondary N) is 1. The van der Waals surface area contributed by atoms with Crippen LogP contribution in [0.4, 0.5) is 11.6 Å². The first kappa shape index (κ1) is 17.6. The van der Waals surface area contributed by atoms with Gasteiger partial charge in [-0.2, -0.15) is 10.2 Å². The molecule has 0 fully saturated rings. The second-order valence-corrected chi connectivity index (χ2v) is 7.74. The first-order valence-electron chi connectivity index (χ1n) is 9.99. The number of rotatable bonds is 1. The highest BCUT2D eigenvalue weighted by atomic mass is 15.2. The van der Waals surface area contributed by atoms with Crippen molar-refractivity contribution in [3.8, 4) is 22.3 Å². The summed E-state index contributed by atoms with van der Waals surface area (Å²) in [5.41, 5.74) is 7.67. The van der Waals surface area contributed by atoms with Gasteiger partial charge in [0.2, 0.25) is 0 Å². The summed E-state index contributed by atoms with van der Waals surface area (Å²) in [4.78, 5) is 14.2. The molecule has 1 aliphatic rings.